The first-order valence-corrected chi connectivity index (χ1v) is 9.16. The highest BCUT2D eigenvalue weighted by atomic mass is 32.2. The molecule has 124 valence electrons. The maximum absolute atomic E-state index is 12.3. The Hall–Kier alpha value is -1.44. The van der Waals surface area contributed by atoms with Crippen LogP contribution >= 0.6 is 11.8 Å². The molecule has 0 aromatic heterocycles. The minimum Gasteiger partial charge on any atom is -0.369 e. The molecule has 0 saturated carbocycles. The van der Waals surface area contributed by atoms with Crippen molar-refractivity contribution in [3.05, 3.63) is 29.8 Å². The van der Waals surface area contributed by atoms with Crippen LogP contribution in [0.4, 0.5) is 0 Å². The predicted molar refractivity (Wildman–Crippen MR) is 95.5 cm³/mol. The monoisotopic (exact) mass is 331 g/mol. The molecular formula is C19H25NO2S. The van der Waals surface area contributed by atoms with Crippen molar-refractivity contribution in [3.8, 4) is 12.3 Å². The molecule has 0 spiro atoms. The first kappa shape index (κ1) is 17.9. The van der Waals surface area contributed by atoms with E-state index in [1.165, 1.54) is 10.5 Å². The normalized spacial score (nSPS) is 15.4. The van der Waals surface area contributed by atoms with Crippen LogP contribution < -0.4 is 0 Å². The number of amides is 1. The number of hydrogen-bond donors (Lipinski definition) is 0. The summed E-state index contributed by atoms with van der Waals surface area (Å²) in [5.74, 6) is 4.13. The highest BCUT2D eigenvalue weighted by Crippen LogP contribution is 2.21. The number of thioether (sulfide) groups is 1. The van der Waals surface area contributed by atoms with Gasteiger partial charge in [0.15, 0.2) is 0 Å². The van der Waals surface area contributed by atoms with Crippen molar-refractivity contribution in [2.45, 2.75) is 31.1 Å². The van der Waals surface area contributed by atoms with Crippen molar-refractivity contribution in [2.24, 2.45) is 5.92 Å². The molecule has 0 atom stereocenters. The van der Waals surface area contributed by atoms with Gasteiger partial charge in [-0.2, -0.15) is 0 Å². The molecule has 0 bridgehead atoms. The molecule has 1 saturated heterocycles. The van der Waals surface area contributed by atoms with Gasteiger partial charge in [0.1, 0.15) is 6.61 Å². The molecule has 1 aromatic rings. The Balaban J connectivity index is 1.63. The molecule has 1 amide bonds. The second kappa shape index (κ2) is 9.64. The van der Waals surface area contributed by atoms with Crippen molar-refractivity contribution in [1.29, 1.82) is 0 Å². The van der Waals surface area contributed by atoms with Gasteiger partial charge in [-0.1, -0.05) is 23.6 Å². The van der Waals surface area contributed by atoms with Crippen molar-refractivity contribution >= 4 is 17.7 Å². The van der Waals surface area contributed by atoms with Crippen LogP contribution in [0.3, 0.4) is 0 Å². The second-order valence-corrected chi connectivity index (χ2v) is 7.12. The standard InChI is InChI=1S/C19H25NO2S/c1-3-13-22-15-17-8-11-20(12-9-17)19(21)10-14-23-18-6-4-16(2)5-7-18/h1,4-7,17H,8-15H2,2H3. The minimum absolute atomic E-state index is 0.271. The van der Waals surface area contributed by atoms with Gasteiger partial charge in [0.25, 0.3) is 0 Å². The number of carbonyl (C=O) groups excluding carboxylic acids is 1. The van der Waals surface area contributed by atoms with E-state index in [0.717, 1.165) is 38.3 Å². The van der Waals surface area contributed by atoms with Crippen LogP contribution in [0.2, 0.25) is 0 Å². The molecule has 0 aliphatic carbocycles. The zero-order valence-corrected chi connectivity index (χ0v) is 14.6. The third-order valence-corrected chi connectivity index (χ3v) is 5.13. The summed E-state index contributed by atoms with van der Waals surface area (Å²) in [7, 11) is 0. The van der Waals surface area contributed by atoms with Crippen LogP contribution in [0.25, 0.3) is 0 Å². The summed E-state index contributed by atoms with van der Waals surface area (Å²) in [5.41, 5.74) is 1.26. The zero-order valence-electron chi connectivity index (χ0n) is 13.8. The summed E-state index contributed by atoms with van der Waals surface area (Å²) >= 11 is 1.75. The predicted octanol–water partition coefficient (Wildman–Crippen LogP) is 3.37. The lowest BCUT2D eigenvalue weighted by Gasteiger charge is -2.31. The van der Waals surface area contributed by atoms with Crippen LogP contribution in [0, 0.1) is 25.2 Å². The lowest BCUT2D eigenvalue weighted by atomic mass is 9.97. The fourth-order valence-electron chi connectivity index (χ4n) is 2.68. The van der Waals surface area contributed by atoms with Crippen LogP contribution in [0.15, 0.2) is 29.2 Å². The molecule has 1 fully saturated rings. The lowest BCUT2D eigenvalue weighted by molar-refractivity contribution is -0.132. The Kier molecular flexibility index (Phi) is 7.51. The Morgan fingerprint density at radius 2 is 2.04 bits per heavy atom. The number of ether oxygens (including phenoxy) is 1. The minimum atomic E-state index is 0.271. The molecule has 1 aliphatic rings. The van der Waals surface area contributed by atoms with E-state index in [0.29, 0.717) is 18.9 Å². The quantitative estimate of drug-likeness (QED) is 0.436. The van der Waals surface area contributed by atoms with Crippen molar-refractivity contribution in [3.63, 3.8) is 0 Å². The Morgan fingerprint density at radius 3 is 2.70 bits per heavy atom. The van der Waals surface area contributed by atoms with E-state index in [1.807, 2.05) is 4.90 Å². The van der Waals surface area contributed by atoms with E-state index in [4.69, 9.17) is 11.2 Å². The summed E-state index contributed by atoms with van der Waals surface area (Å²) in [6.07, 6.45) is 7.81. The molecule has 4 heteroatoms. The van der Waals surface area contributed by atoms with Gasteiger partial charge < -0.3 is 9.64 Å². The van der Waals surface area contributed by atoms with E-state index in [9.17, 15) is 4.79 Å². The van der Waals surface area contributed by atoms with Crippen molar-refractivity contribution < 1.29 is 9.53 Å². The number of hydrogen-bond acceptors (Lipinski definition) is 3. The Labute approximate surface area is 143 Å². The summed E-state index contributed by atoms with van der Waals surface area (Å²) in [5, 5.41) is 0. The number of benzene rings is 1. The van der Waals surface area contributed by atoms with Crippen molar-refractivity contribution in [2.75, 3.05) is 32.1 Å². The van der Waals surface area contributed by atoms with Gasteiger partial charge in [-0.15, -0.1) is 18.2 Å². The average molecular weight is 331 g/mol. The molecule has 1 aliphatic heterocycles. The van der Waals surface area contributed by atoms with E-state index in [-0.39, 0.29) is 5.91 Å². The van der Waals surface area contributed by atoms with Gasteiger partial charge in [0.05, 0.1) is 6.61 Å². The van der Waals surface area contributed by atoms with Gasteiger partial charge >= 0.3 is 0 Å². The largest absolute Gasteiger partial charge is 0.369 e. The SMILES string of the molecule is C#CCOCC1CCN(C(=O)CCSc2ccc(C)cc2)CC1. The molecule has 0 radical (unpaired) electrons. The molecular weight excluding hydrogens is 306 g/mol. The summed E-state index contributed by atoms with van der Waals surface area (Å²) in [6, 6.07) is 8.45. The fourth-order valence-corrected chi connectivity index (χ4v) is 3.52. The average Bonchev–Trinajstić information content (AvgIpc) is 2.57. The lowest BCUT2D eigenvalue weighted by Crippen LogP contribution is -2.39. The molecule has 1 aromatic carbocycles. The van der Waals surface area contributed by atoms with Gasteiger partial charge in [-0.3, -0.25) is 4.79 Å². The number of nitrogens with zero attached hydrogens (tertiary/aromatic N) is 1. The summed E-state index contributed by atoms with van der Waals surface area (Å²) in [6.45, 7) is 4.88. The molecule has 2 rings (SSSR count). The topological polar surface area (TPSA) is 29.5 Å². The van der Waals surface area contributed by atoms with E-state index in [1.54, 1.807) is 11.8 Å². The number of aryl methyl sites for hydroxylation is 1. The number of rotatable bonds is 7. The summed E-state index contributed by atoms with van der Waals surface area (Å²) < 4.78 is 5.40. The maximum Gasteiger partial charge on any atom is 0.223 e. The fraction of sp³-hybridized carbons (Fsp3) is 0.526. The Bertz CT molecular complexity index is 527. The van der Waals surface area contributed by atoms with Gasteiger partial charge in [-0.25, -0.2) is 0 Å². The van der Waals surface area contributed by atoms with E-state index < -0.39 is 0 Å². The first-order valence-electron chi connectivity index (χ1n) is 8.17. The van der Waals surface area contributed by atoms with Crippen LogP contribution in [0.5, 0.6) is 0 Å². The van der Waals surface area contributed by atoms with Crippen LogP contribution in [0.1, 0.15) is 24.8 Å². The maximum atomic E-state index is 12.3. The van der Waals surface area contributed by atoms with Gasteiger partial charge in [0.2, 0.25) is 5.91 Å². The zero-order chi connectivity index (χ0) is 16.5. The molecule has 1 heterocycles. The first-order chi connectivity index (χ1) is 11.2. The van der Waals surface area contributed by atoms with Gasteiger partial charge in [0, 0.05) is 30.2 Å². The number of likely N-dealkylation sites (tertiary alicyclic amines) is 1. The van der Waals surface area contributed by atoms with Crippen LogP contribution in [-0.4, -0.2) is 42.9 Å². The Morgan fingerprint density at radius 1 is 1.35 bits per heavy atom. The number of terminal acetylenes is 1. The molecule has 0 N–H and O–H groups in total. The third-order valence-electron chi connectivity index (χ3n) is 4.11. The molecule has 0 unspecified atom stereocenters. The molecule has 23 heavy (non-hydrogen) atoms. The van der Waals surface area contributed by atoms with Crippen molar-refractivity contribution in [1.82, 2.24) is 4.90 Å². The number of piperidine rings is 1. The molecule has 3 nitrogen and oxygen atoms in total. The summed E-state index contributed by atoms with van der Waals surface area (Å²) in [4.78, 5) is 15.5. The second-order valence-electron chi connectivity index (χ2n) is 5.95. The smallest absolute Gasteiger partial charge is 0.223 e. The third kappa shape index (κ3) is 6.29. The highest BCUT2D eigenvalue weighted by Gasteiger charge is 2.22. The van der Waals surface area contributed by atoms with Crippen LogP contribution in [-0.2, 0) is 9.53 Å². The van der Waals surface area contributed by atoms with Gasteiger partial charge in [-0.05, 0) is 37.8 Å². The van der Waals surface area contributed by atoms with E-state index in [2.05, 4.69) is 37.1 Å². The number of carbonyl (C=O) groups is 1. The van der Waals surface area contributed by atoms with E-state index >= 15 is 0 Å². The highest BCUT2D eigenvalue weighted by molar-refractivity contribution is 7.99.